The van der Waals surface area contributed by atoms with Crippen LogP contribution in [0.25, 0.3) is 0 Å². The van der Waals surface area contributed by atoms with Gasteiger partial charge in [0.1, 0.15) is 0 Å². The number of hydrogen-bond acceptors (Lipinski definition) is 5. The predicted molar refractivity (Wildman–Crippen MR) is 63.3 cm³/mol. The second-order valence-electron chi connectivity index (χ2n) is 4.38. The molecule has 2 rings (SSSR count). The van der Waals surface area contributed by atoms with Crippen LogP contribution in [0.3, 0.4) is 0 Å². The standard InChI is InChI=1S/C11H16N2O2S/c1-3-15-9(14)11(2)5-4-7-8(6-11)16-10(12)13-7/h3-6H2,1-2H3,(H2,12,13)/t11-/m1/s1. The monoisotopic (exact) mass is 240 g/mol. The van der Waals surface area contributed by atoms with Gasteiger partial charge in [0.25, 0.3) is 0 Å². The molecular formula is C11H16N2O2S. The maximum absolute atomic E-state index is 11.9. The summed E-state index contributed by atoms with van der Waals surface area (Å²) in [5.41, 5.74) is 6.33. The Balaban J connectivity index is 2.20. The minimum Gasteiger partial charge on any atom is -0.466 e. The number of anilines is 1. The molecule has 1 heterocycles. The van der Waals surface area contributed by atoms with E-state index < -0.39 is 5.41 Å². The lowest BCUT2D eigenvalue weighted by Crippen LogP contribution is -2.35. The van der Waals surface area contributed by atoms with Crippen LogP contribution in [0.15, 0.2) is 0 Å². The summed E-state index contributed by atoms with van der Waals surface area (Å²) in [6.45, 7) is 4.23. The number of carbonyl (C=O) groups excluding carboxylic acids is 1. The van der Waals surface area contributed by atoms with Gasteiger partial charge in [0.2, 0.25) is 0 Å². The molecule has 0 fully saturated rings. The second-order valence-corrected chi connectivity index (χ2v) is 5.50. The van der Waals surface area contributed by atoms with E-state index in [0.717, 1.165) is 23.4 Å². The molecule has 1 atom stereocenters. The lowest BCUT2D eigenvalue weighted by molar-refractivity contribution is -0.155. The fourth-order valence-electron chi connectivity index (χ4n) is 2.05. The lowest BCUT2D eigenvalue weighted by atomic mass is 9.77. The summed E-state index contributed by atoms with van der Waals surface area (Å²) in [4.78, 5) is 17.3. The van der Waals surface area contributed by atoms with Crippen molar-refractivity contribution >= 4 is 22.4 Å². The van der Waals surface area contributed by atoms with E-state index >= 15 is 0 Å². The maximum atomic E-state index is 11.9. The van der Waals surface area contributed by atoms with E-state index in [1.807, 2.05) is 13.8 Å². The summed E-state index contributed by atoms with van der Waals surface area (Å²) < 4.78 is 5.12. The molecule has 1 aliphatic rings. The van der Waals surface area contributed by atoms with Crippen molar-refractivity contribution in [2.24, 2.45) is 5.41 Å². The number of esters is 1. The zero-order valence-electron chi connectivity index (χ0n) is 9.58. The lowest BCUT2D eigenvalue weighted by Gasteiger charge is -2.30. The molecule has 4 nitrogen and oxygen atoms in total. The van der Waals surface area contributed by atoms with Crippen molar-refractivity contribution in [1.29, 1.82) is 0 Å². The van der Waals surface area contributed by atoms with Crippen molar-refractivity contribution in [3.8, 4) is 0 Å². The first-order valence-corrected chi connectivity index (χ1v) is 6.28. The number of rotatable bonds is 2. The van der Waals surface area contributed by atoms with Gasteiger partial charge in [-0.25, -0.2) is 4.98 Å². The van der Waals surface area contributed by atoms with Gasteiger partial charge in [0.15, 0.2) is 5.13 Å². The number of nitrogens with two attached hydrogens (primary N) is 1. The van der Waals surface area contributed by atoms with Crippen molar-refractivity contribution in [3.63, 3.8) is 0 Å². The first kappa shape index (κ1) is 11.4. The first-order chi connectivity index (χ1) is 7.55. The third-order valence-corrected chi connectivity index (χ3v) is 3.95. The highest BCUT2D eigenvalue weighted by molar-refractivity contribution is 7.15. The van der Waals surface area contributed by atoms with Crippen LogP contribution < -0.4 is 5.73 Å². The van der Waals surface area contributed by atoms with E-state index in [1.54, 1.807) is 0 Å². The van der Waals surface area contributed by atoms with E-state index in [1.165, 1.54) is 11.3 Å². The van der Waals surface area contributed by atoms with E-state index in [9.17, 15) is 4.79 Å². The minimum atomic E-state index is -0.401. The number of hydrogen-bond donors (Lipinski definition) is 1. The average Bonchev–Trinajstić information content (AvgIpc) is 2.57. The van der Waals surface area contributed by atoms with Crippen LogP contribution in [0.4, 0.5) is 5.13 Å². The molecule has 0 aromatic carbocycles. The van der Waals surface area contributed by atoms with Crippen LogP contribution in [0.1, 0.15) is 30.8 Å². The molecule has 88 valence electrons. The SMILES string of the molecule is CCOC(=O)[C@]1(C)CCc2nc(N)sc2C1. The molecule has 2 N–H and O–H groups in total. The summed E-state index contributed by atoms with van der Waals surface area (Å²) in [5, 5.41) is 0.595. The minimum absolute atomic E-state index is 0.104. The molecule has 1 aromatic heterocycles. The third-order valence-electron chi connectivity index (χ3n) is 3.03. The largest absolute Gasteiger partial charge is 0.466 e. The summed E-state index contributed by atoms with van der Waals surface area (Å²) in [5.74, 6) is -0.104. The Morgan fingerprint density at radius 2 is 2.44 bits per heavy atom. The van der Waals surface area contributed by atoms with Crippen molar-refractivity contribution < 1.29 is 9.53 Å². The number of ether oxygens (including phenoxy) is 1. The summed E-state index contributed by atoms with van der Waals surface area (Å²) >= 11 is 1.49. The summed E-state index contributed by atoms with van der Waals surface area (Å²) in [6, 6.07) is 0. The molecule has 0 amide bonds. The number of aromatic nitrogens is 1. The fraction of sp³-hybridized carbons (Fsp3) is 0.636. The Kier molecular flexibility index (Phi) is 2.88. The predicted octanol–water partition coefficient (Wildman–Crippen LogP) is 1.78. The normalized spacial score (nSPS) is 23.9. The zero-order valence-corrected chi connectivity index (χ0v) is 10.4. The number of nitrogens with zero attached hydrogens (tertiary/aromatic N) is 1. The van der Waals surface area contributed by atoms with E-state index in [4.69, 9.17) is 10.5 Å². The Morgan fingerprint density at radius 1 is 1.69 bits per heavy atom. The van der Waals surface area contributed by atoms with Crippen LogP contribution in [-0.4, -0.2) is 17.6 Å². The molecule has 16 heavy (non-hydrogen) atoms. The highest BCUT2D eigenvalue weighted by atomic mass is 32.1. The van der Waals surface area contributed by atoms with Crippen LogP contribution >= 0.6 is 11.3 Å². The molecular weight excluding hydrogens is 224 g/mol. The number of aryl methyl sites for hydroxylation is 1. The summed E-state index contributed by atoms with van der Waals surface area (Å²) in [7, 11) is 0. The smallest absolute Gasteiger partial charge is 0.312 e. The van der Waals surface area contributed by atoms with E-state index in [2.05, 4.69) is 4.98 Å². The second kappa shape index (κ2) is 4.05. The van der Waals surface area contributed by atoms with Gasteiger partial charge in [0.05, 0.1) is 17.7 Å². The van der Waals surface area contributed by atoms with Crippen LogP contribution in [0, 0.1) is 5.41 Å². The highest BCUT2D eigenvalue weighted by Crippen LogP contribution is 2.39. The number of fused-ring (bicyclic) bond motifs is 1. The molecule has 1 aliphatic carbocycles. The number of carbonyl (C=O) groups is 1. The van der Waals surface area contributed by atoms with E-state index in [0.29, 0.717) is 18.2 Å². The molecule has 0 unspecified atom stereocenters. The number of thiazole rings is 1. The molecule has 0 spiro atoms. The maximum Gasteiger partial charge on any atom is 0.312 e. The average molecular weight is 240 g/mol. The molecule has 0 saturated carbocycles. The van der Waals surface area contributed by atoms with Gasteiger partial charge < -0.3 is 10.5 Å². The highest BCUT2D eigenvalue weighted by Gasteiger charge is 2.39. The summed E-state index contributed by atoms with van der Waals surface area (Å²) in [6.07, 6.45) is 2.32. The van der Waals surface area contributed by atoms with Crippen LogP contribution in [0.5, 0.6) is 0 Å². The van der Waals surface area contributed by atoms with Gasteiger partial charge in [0, 0.05) is 4.88 Å². The quantitative estimate of drug-likeness (QED) is 0.800. The van der Waals surface area contributed by atoms with Crippen molar-refractivity contribution in [2.45, 2.75) is 33.1 Å². The van der Waals surface area contributed by atoms with Crippen LogP contribution in [0.2, 0.25) is 0 Å². The molecule has 5 heteroatoms. The van der Waals surface area contributed by atoms with Crippen molar-refractivity contribution in [3.05, 3.63) is 10.6 Å². The van der Waals surface area contributed by atoms with Crippen LogP contribution in [-0.2, 0) is 22.4 Å². The fourth-order valence-corrected chi connectivity index (χ4v) is 3.12. The molecule has 0 aliphatic heterocycles. The van der Waals surface area contributed by atoms with Gasteiger partial charge in [-0.15, -0.1) is 11.3 Å². The van der Waals surface area contributed by atoms with Crippen molar-refractivity contribution in [1.82, 2.24) is 4.98 Å². The Morgan fingerprint density at radius 3 is 3.12 bits per heavy atom. The number of nitrogen functional groups attached to an aromatic ring is 1. The Labute approximate surface area is 98.8 Å². The van der Waals surface area contributed by atoms with Gasteiger partial charge in [-0.3, -0.25) is 4.79 Å². The molecule has 1 aromatic rings. The van der Waals surface area contributed by atoms with Gasteiger partial charge in [-0.05, 0) is 33.1 Å². The van der Waals surface area contributed by atoms with Gasteiger partial charge in [-0.2, -0.15) is 0 Å². The van der Waals surface area contributed by atoms with E-state index in [-0.39, 0.29) is 5.97 Å². The van der Waals surface area contributed by atoms with Gasteiger partial charge >= 0.3 is 5.97 Å². The molecule has 0 bridgehead atoms. The topological polar surface area (TPSA) is 65.2 Å². The zero-order chi connectivity index (χ0) is 11.8. The van der Waals surface area contributed by atoms with Gasteiger partial charge in [-0.1, -0.05) is 0 Å². The molecule has 0 saturated heterocycles. The molecule has 0 radical (unpaired) electrons. The van der Waals surface area contributed by atoms with Crippen molar-refractivity contribution in [2.75, 3.05) is 12.3 Å². The Bertz CT molecular complexity index is 416. The third kappa shape index (κ3) is 1.91. The first-order valence-electron chi connectivity index (χ1n) is 5.46. The Hall–Kier alpha value is -1.10.